The molecule has 98 valence electrons. The number of carboxylic acid groups (broad SMARTS) is 1. The lowest BCUT2D eigenvalue weighted by Gasteiger charge is -2.26. The van der Waals surface area contributed by atoms with Crippen LogP contribution in [0.1, 0.15) is 16.1 Å². The average molecular weight is 255 g/mol. The van der Waals surface area contributed by atoms with E-state index in [9.17, 15) is 14.4 Å². The number of carbonyl (C=O) groups is 1. The molecular weight excluding hydrogens is 242 g/mol. The van der Waals surface area contributed by atoms with Gasteiger partial charge in [-0.2, -0.15) is 0 Å². The Morgan fingerprint density at radius 3 is 2.56 bits per heavy atom. The molecule has 18 heavy (non-hydrogen) atoms. The van der Waals surface area contributed by atoms with Gasteiger partial charge in [0.25, 0.3) is 5.56 Å². The first-order valence-electron chi connectivity index (χ1n) is 5.47. The van der Waals surface area contributed by atoms with E-state index in [2.05, 4.69) is 4.98 Å². The molecule has 8 heteroatoms. The van der Waals surface area contributed by atoms with Gasteiger partial charge in [-0.1, -0.05) is 0 Å². The van der Waals surface area contributed by atoms with Crippen LogP contribution in [0.2, 0.25) is 0 Å². The van der Waals surface area contributed by atoms with Gasteiger partial charge in [-0.3, -0.25) is 14.7 Å². The monoisotopic (exact) mass is 255 g/mol. The molecule has 1 fully saturated rings. The van der Waals surface area contributed by atoms with Crippen molar-refractivity contribution in [1.29, 1.82) is 0 Å². The highest BCUT2D eigenvalue weighted by atomic mass is 16.5. The van der Waals surface area contributed by atoms with Gasteiger partial charge in [0.2, 0.25) is 0 Å². The van der Waals surface area contributed by atoms with Crippen LogP contribution in [0.15, 0.2) is 9.59 Å². The first kappa shape index (κ1) is 12.5. The molecule has 0 unspecified atom stereocenters. The fourth-order valence-corrected chi connectivity index (χ4v) is 1.83. The number of morpholine rings is 1. The third kappa shape index (κ3) is 2.66. The maximum atomic E-state index is 11.6. The van der Waals surface area contributed by atoms with E-state index < -0.39 is 17.2 Å². The van der Waals surface area contributed by atoms with Crippen molar-refractivity contribution < 1.29 is 14.6 Å². The second kappa shape index (κ2) is 5.15. The van der Waals surface area contributed by atoms with Crippen LogP contribution in [0.4, 0.5) is 0 Å². The van der Waals surface area contributed by atoms with Crippen LogP contribution in [0.3, 0.4) is 0 Å². The number of H-pyrrole nitrogens is 2. The lowest BCUT2D eigenvalue weighted by Crippen LogP contribution is -2.39. The van der Waals surface area contributed by atoms with Gasteiger partial charge in [-0.15, -0.1) is 0 Å². The fraction of sp³-hybridized carbons (Fsp3) is 0.500. The highest BCUT2D eigenvalue weighted by Gasteiger charge is 2.19. The van der Waals surface area contributed by atoms with Crippen LogP contribution in [-0.2, 0) is 11.3 Å². The number of carboxylic acids is 1. The third-order valence-corrected chi connectivity index (χ3v) is 2.74. The van der Waals surface area contributed by atoms with Gasteiger partial charge in [-0.05, 0) is 0 Å². The Morgan fingerprint density at radius 1 is 1.28 bits per heavy atom. The minimum Gasteiger partial charge on any atom is -0.477 e. The van der Waals surface area contributed by atoms with E-state index in [4.69, 9.17) is 9.84 Å². The SMILES string of the molecule is O=C(O)c1[nH]c(=O)[nH]c(=O)c1CN1CCOCC1. The Labute approximate surface area is 101 Å². The molecule has 1 aliphatic heterocycles. The molecule has 0 spiro atoms. The van der Waals surface area contributed by atoms with E-state index in [1.54, 1.807) is 0 Å². The zero-order chi connectivity index (χ0) is 13.1. The number of aromatic carboxylic acids is 1. The normalized spacial score (nSPS) is 16.7. The average Bonchev–Trinajstić information content (AvgIpc) is 2.33. The Hall–Kier alpha value is -1.93. The van der Waals surface area contributed by atoms with Gasteiger partial charge in [-0.25, -0.2) is 9.59 Å². The summed E-state index contributed by atoms with van der Waals surface area (Å²) >= 11 is 0. The van der Waals surface area contributed by atoms with Gasteiger partial charge in [0, 0.05) is 19.6 Å². The molecule has 0 aromatic carbocycles. The Morgan fingerprint density at radius 2 is 1.94 bits per heavy atom. The number of rotatable bonds is 3. The summed E-state index contributed by atoms with van der Waals surface area (Å²) < 4.78 is 5.16. The van der Waals surface area contributed by atoms with Gasteiger partial charge in [0.05, 0.1) is 18.8 Å². The van der Waals surface area contributed by atoms with Crippen molar-refractivity contribution in [2.24, 2.45) is 0 Å². The van der Waals surface area contributed by atoms with Crippen LogP contribution in [0.5, 0.6) is 0 Å². The summed E-state index contributed by atoms with van der Waals surface area (Å²) in [6, 6.07) is 0. The summed E-state index contributed by atoms with van der Waals surface area (Å²) in [4.78, 5) is 39.8. The molecule has 1 saturated heterocycles. The number of hydrogen-bond acceptors (Lipinski definition) is 5. The Bertz CT molecular complexity index is 555. The molecular formula is C10H13N3O5. The molecule has 1 aromatic rings. The molecule has 2 rings (SSSR count). The molecule has 0 atom stereocenters. The molecule has 1 aromatic heterocycles. The van der Waals surface area contributed by atoms with E-state index in [0.717, 1.165) is 0 Å². The standard InChI is InChI=1S/C10H13N3O5/c14-8-6(5-13-1-3-18-4-2-13)7(9(15)16)11-10(17)12-8/h1-5H2,(H,15,16)(H2,11,12,14,17). The lowest BCUT2D eigenvalue weighted by atomic mass is 10.2. The molecule has 0 saturated carbocycles. The Balaban J connectivity index is 2.33. The molecule has 0 radical (unpaired) electrons. The fourth-order valence-electron chi connectivity index (χ4n) is 1.83. The third-order valence-electron chi connectivity index (χ3n) is 2.74. The lowest BCUT2D eigenvalue weighted by molar-refractivity contribution is 0.0336. The van der Waals surface area contributed by atoms with Crippen molar-refractivity contribution in [3.63, 3.8) is 0 Å². The van der Waals surface area contributed by atoms with Crippen LogP contribution in [0.25, 0.3) is 0 Å². The van der Waals surface area contributed by atoms with Crippen LogP contribution in [-0.4, -0.2) is 52.2 Å². The zero-order valence-electron chi connectivity index (χ0n) is 9.56. The van der Waals surface area contributed by atoms with Gasteiger partial charge >= 0.3 is 11.7 Å². The van der Waals surface area contributed by atoms with Crippen molar-refractivity contribution in [1.82, 2.24) is 14.9 Å². The van der Waals surface area contributed by atoms with Crippen molar-refractivity contribution in [3.8, 4) is 0 Å². The van der Waals surface area contributed by atoms with Gasteiger partial charge < -0.3 is 14.8 Å². The number of nitrogens with one attached hydrogen (secondary N) is 2. The maximum Gasteiger partial charge on any atom is 0.352 e. The molecule has 0 aliphatic carbocycles. The summed E-state index contributed by atoms with van der Waals surface area (Å²) in [6.45, 7) is 2.51. The van der Waals surface area contributed by atoms with Crippen molar-refractivity contribution in [3.05, 3.63) is 32.1 Å². The molecule has 0 amide bonds. The zero-order valence-corrected chi connectivity index (χ0v) is 9.56. The predicted molar refractivity (Wildman–Crippen MR) is 60.7 cm³/mol. The number of aromatic amines is 2. The predicted octanol–water partition coefficient (Wildman–Crippen LogP) is -1.41. The van der Waals surface area contributed by atoms with Crippen molar-refractivity contribution >= 4 is 5.97 Å². The van der Waals surface area contributed by atoms with E-state index in [-0.39, 0.29) is 17.8 Å². The van der Waals surface area contributed by atoms with Crippen molar-refractivity contribution in [2.45, 2.75) is 6.54 Å². The smallest absolute Gasteiger partial charge is 0.352 e. The second-order valence-corrected chi connectivity index (χ2v) is 3.96. The largest absolute Gasteiger partial charge is 0.477 e. The van der Waals surface area contributed by atoms with Crippen LogP contribution < -0.4 is 11.2 Å². The molecule has 1 aliphatic rings. The van der Waals surface area contributed by atoms with E-state index in [1.807, 2.05) is 9.88 Å². The first-order chi connectivity index (χ1) is 8.58. The van der Waals surface area contributed by atoms with Crippen molar-refractivity contribution in [2.75, 3.05) is 26.3 Å². The van der Waals surface area contributed by atoms with E-state index in [0.29, 0.717) is 26.3 Å². The van der Waals surface area contributed by atoms with Crippen LogP contribution in [0, 0.1) is 0 Å². The quantitative estimate of drug-likeness (QED) is 0.611. The Kier molecular flexibility index (Phi) is 3.58. The molecule has 0 bridgehead atoms. The number of hydrogen-bond donors (Lipinski definition) is 3. The van der Waals surface area contributed by atoms with E-state index >= 15 is 0 Å². The van der Waals surface area contributed by atoms with Gasteiger partial charge in [0.15, 0.2) is 0 Å². The molecule has 3 N–H and O–H groups in total. The topological polar surface area (TPSA) is 115 Å². The number of nitrogens with zero attached hydrogens (tertiary/aromatic N) is 1. The summed E-state index contributed by atoms with van der Waals surface area (Å²) in [6.07, 6.45) is 0. The summed E-state index contributed by atoms with van der Waals surface area (Å²) in [7, 11) is 0. The summed E-state index contributed by atoms with van der Waals surface area (Å²) in [5.41, 5.74) is -1.77. The number of aromatic nitrogens is 2. The van der Waals surface area contributed by atoms with Crippen LogP contribution >= 0.6 is 0 Å². The highest BCUT2D eigenvalue weighted by molar-refractivity contribution is 5.86. The summed E-state index contributed by atoms with van der Waals surface area (Å²) in [5.74, 6) is -1.32. The summed E-state index contributed by atoms with van der Waals surface area (Å²) in [5, 5.41) is 8.98. The van der Waals surface area contributed by atoms with Gasteiger partial charge in [0.1, 0.15) is 5.69 Å². The minimum atomic E-state index is -1.32. The molecule has 8 nitrogen and oxygen atoms in total. The molecule has 2 heterocycles. The second-order valence-electron chi connectivity index (χ2n) is 3.96. The minimum absolute atomic E-state index is 0.0593. The highest BCUT2D eigenvalue weighted by Crippen LogP contribution is 2.05. The van der Waals surface area contributed by atoms with E-state index in [1.165, 1.54) is 0 Å². The number of ether oxygens (including phenoxy) is 1. The first-order valence-corrected chi connectivity index (χ1v) is 5.47. The maximum absolute atomic E-state index is 11.6.